The summed E-state index contributed by atoms with van der Waals surface area (Å²) < 4.78 is 44.3. The van der Waals surface area contributed by atoms with Crippen molar-refractivity contribution in [1.29, 1.82) is 0 Å². The van der Waals surface area contributed by atoms with Crippen LogP contribution in [-0.4, -0.2) is 39.7 Å². The predicted octanol–water partition coefficient (Wildman–Crippen LogP) is -0.896. The van der Waals surface area contributed by atoms with Crippen LogP contribution in [0.1, 0.15) is 0 Å². The van der Waals surface area contributed by atoms with E-state index in [1.807, 2.05) is 13.1 Å². The number of hydrogen-bond donors (Lipinski definition) is 0. The molecule has 9 heteroatoms. The summed E-state index contributed by atoms with van der Waals surface area (Å²) in [5.74, 6) is 0. The van der Waals surface area contributed by atoms with Crippen LogP contribution < -0.4 is 0 Å². The van der Waals surface area contributed by atoms with Gasteiger partial charge in [-0.05, 0) is 6.55 Å². The third-order valence-electron chi connectivity index (χ3n) is 1.27. The molecule has 12 heavy (non-hydrogen) atoms. The Labute approximate surface area is 77.4 Å². The van der Waals surface area contributed by atoms with E-state index in [9.17, 15) is 17.8 Å². The van der Waals surface area contributed by atoms with Crippen molar-refractivity contribution in [3.63, 3.8) is 0 Å². The summed E-state index contributed by atoms with van der Waals surface area (Å²) in [4.78, 5) is 0. The summed E-state index contributed by atoms with van der Waals surface area (Å²) in [7, 11) is -10.8. The van der Waals surface area contributed by atoms with Gasteiger partial charge in [0.15, 0.2) is 0 Å². The zero-order valence-electron chi connectivity index (χ0n) is 7.21. The van der Waals surface area contributed by atoms with Gasteiger partial charge in [-0.25, -0.2) is 0 Å². The Bertz CT molecular complexity index is 257. The average molecular weight is 251 g/mol. The molecular weight excluding hydrogens is 240 g/mol. The molecule has 0 spiro atoms. The molecule has 0 atom stereocenters. The second-order valence-corrected chi connectivity index (χ2v) is 27.0. The lowest BCUT2D eigenvalue weighted by Crippen LogP contribution is -2.42. The highest BCUT2D eigenvalue weighted by Gasteiger charge is 2.35. The Kier molecular flexibility index (Phi) is 5.23. The van der Waals surface area contributed by atoms with Crippen molar-refractivity contribution in [1.82, 2.24) is 0 Å². The van der Waals surface area contributed by atoms with E-state index in [1.165, 1.54) is 6.55 Å². The Balaban J connectivity index is 4.52. The summed E-state index contributed by atoms with van der Waals surface area (Å²) in [6.07, 6.45) is 0. The van der Waals surface area contributed by atoms with Gasteiger partial charge in [0.05, 0.1) is 8.31 Å². The highest BCUT2D eigenvalue weighted by Crippen LogP contribution is 1.83. The zero-order valence-corrected chi connectivity index (χ0v) is 12.4. The maximum absolute atomic E-state index is 11.3. The van der Waals surface area contributed by atoms with Gasteiger partial charge >= 0.3 is 31.4 Å². The van der Waals surface area contributed by atoms with Gasteiger partial charge < -0.3 is 17.8 Å². The van der Waals surface area contributed by atoms with E-state index in [0.29, 0.717) is 0 Å². The summed E-state index contributed by atoms with van der Waals surface area (Å²) >= 11 is 0. The molecule has 0 rings (SSSR count). The molecule has 0 aromatic carbocycles. The lowest BCUT2D eigenvalue weighted by molar-refractivity contribution is 0.542. The topological polar surface area (TPSA) is 68.3 Å². The third-order valence-corrected chi connectivity index (χ3v) is 33.3. The molecule has 0 unspecified atom stereocenters. The molecule has 0 aliphatic heterocycles. The van der Waals surface area contributed by atoms with Crippen molar-refractivity contribution in [3.8, 4) is 0 Å². The second kappa shape index (κ2) is 5.11. The molecule has 0 saturated carbocycles. The Hall–Kier alpha value is 0.284. The smallest absolute Gasteiger partial charge is 0.376 e. The standard InChI is InChI=1S/C3H10O4Si5/c1-8(2)10(5)12(7)11(6)9(3)4/h8H,1-3H3. The predicted molar refractivity (Wildman–Crippen MR) is 50.5 cm³/mol. The summed E-state index contributed by atoms with van der Waals surface area (Å²) in [6.45, 7) is 4.95. The van der Waals surface area contributed by atoms with Crippen LogP contribution in [0.3, 0.4) is 0 Å². The van der Waals surface area contributed by atoms with Crippen molar-refractivity contribution in [2.75, 3.05) is 0 Å². The van der Waals surface area contributed by atoms with Crippen LogP contribution in [0.5, 0.6) is 0 Å². The van der Waals surface area contributed by atoms with Crippen molar-refractivity contribution in [2.45, 2.75) is 19.6 Å². The first-order valence-corrected chi connectivity index (χ1v) is 16.8. The molecule has 4 nitrogen and oxygen atoms in total. The van der Waals surface area contributed by atoms with E-state index in [2.05, 4.69) is 0 Å². The molecule has 0 radical (unpaired) electrons. The van der Waals surface area contributed by atoms with Gasteiger partial charge in [-0.2, -0.15) is 0 Å². The van der Waals surface area contributed by atoms with Crippen molar-refractivity contribution in [2.24, 2.45) is 0 Å². The van der Waals surface area contributed by atoms with Gasteiger partial charge in [-0.3, -0.25) is 0 Å². The number of hydrogen-bond acceptors (Lipinski definition) is 4. The summed E-state index contributed by atoms with van der Waals surface area (Å²) in [6, 6.07) is 0. The molecule has 0 heterocycles. The quantitative estimate of drug-likeness (QED) is 0.607. The lowest BCUT2D eigenvalue weighted by atomic mass is 11.9. The summed E-state index contributed by atoms with van der Waals surface area (Å²) in [5, 5.41) is 0. The van der Waals surface area contributed by atoms with Crippen molar-refractivity contribution >= 4 is 39.7 Å². The fraction of sp³-hybridized carbons (Fsp3) is 1.00. The van der Waals surface area contributed by atoms with E-state index < -0.39 is 39.7 Å². The zero-order chi connectivity index (χ0) is 9.89. The summed E-state index contributed by atoms with van der Waals surface area (Å²) in [5.41, 5.74) is 0. The van der Waals surface area contributed by atoms with Crippen LogP contribution in [-0.2, 0) is 17.8 Å². The Morgan fingerprint density at radius 1 is 0.917 bits per heavy atom. The van der Waals surface area contributed by atoms with E-state index in [-0.39, 0.29) is 0 Å². The van der Waals surface area contributed by atoms with Gasteiger partial charge in [0.25, 0.3) is 0 Å². The van der Waals surface area contributed by atoms with E-state index in [4.69, 9.17) is 0 Å². The van der Waals surface area contributed by atoms with Crippen molar-refractivity contribution in [3.05, 3.63) is 0 Å². The van der Waals surface area contributed by atoms with Gasteiger partial charge in [0.2, 0.25) is 0 Å². The van der Waals surface area contributed by atoms with E-state index in [1.54, 1.807) is 0 Å². The van der Waals surface area contributed by atoms with E-state index >= 15 is 0 Å². The minimum absolute atomic E-state index is 1.32. The normalized spacial score (nSPS) is 9.67. The molecule has 0 aliphatic carbocycles. The first-order chi connectivity index (χ1) is 5.37. The fourth-order valence-corrected chi connectivity index (χ4v) is 37.7. The van der Waals surface area contributed by atoms with E-state index in [0.717, 1.165) is 0 Å². The molecule has 0 aromatic rings. The molecule has 0 amide bonds. The Morgan fingerprint density at radius 2 is 1.33 bits per heavy atom. The first-order valence-electron chi connectivity index (χ1n) is 3.51. The van der Waals surface area contributed by atoms with Crippen molar-refractivity contribution < 1.29 is 17.8 Å². The molecule has 0 N–H and O–H groups in total. The maximum Gasteiger partial charge on any atom is 0.376 e. The Morgan fingerprint density at radius 3 is 1.58 bits per heavy atom. The minimum atomic E-state index is -2.52. The lowest BCUT2D eigenvalue weighted by Gasteiger charge is -1.92. The average Bonchev–Trinajstić information content (AvgIpc) is 2.00. The third kappa shape index (κ3) is 3.34. The molecule has 0 bridgehead atoms. The van der Waals surface area contributed by atoms with Gasteiger partial charge in [-0.1, -0.05) is 13.1 Å². The van der Waals surface area contributed by atoms with Crippen LogP contribution in [0, 0.1) is 0 Å². The van der Waals surface area contributed by atoms with Crippen LogP contribution in [0.15, 0.2) is 0 Å². The van der Waals surface area contributed by atoms with Gasteiger partial charge in [0, 0.05) is 0 Å². The molecule has 0 fully saturated rings. The molecule has 0 aromatic heterocycles. The SMILES string of the molecule is C[Si](=O)[Si](=O)[Si](=O)[Si](=O)[SiH](C)C. The first kappa shape index (κ1) is 12.3. The maximum atomic E-state index is 11.3. The van der Waals surface area contributed by atoms with Gasteiger partial charge in [-0.15, -0.1) is 0 Å². The second-order valence-electron chi connectivity index (χ2n) is 2.73. The molecule has 66 valence electrons. The highest BCUT2D eigenvalue weighted by atomic mass is 29.9. The largest absolute Gasteiger partial charge is 0.389 e. The van der Waals surface area contributed by atoms with Crippen LogP contribution in [0.4, 0.5) is 0 Å². The van der Waals surface area contributed by atoms with Crippen LogP contribution in [0.2, 0.25) is 19.6 Å². The monoisotopic (exact) mass is 250 g/mol. The molecule has 0 aliphatic rings. The number of rotatable bonds is 4. The molecular formula is C3H10O4Si5. The van der Waals surface area contributed by atoms with Crippen LogP contribution in [0.25, 0.3) is 0 Å². The van der Waals surface area contributed by atoms with Gasteiger partial charge in [0.1, 0.15) is 0 Å². The highest BCUT2D eigenvalue weighted by molar-refractivity contribution is 7.61. The van der Waals surface area contributed by atoms with Crippen LogP contribution >= 0.6 is 0 Å². The molecule has 0 saturated heterocycles. The minimum Gasteiger partial charge on any atom is -0.389 e. The fourth-order valence-electron chi connectivity index (χ4n) is 0.534.